The molecule has 0 spiro atoms. The summed E-state index contributed by atoms with van der Waals surface area (Å²) in [5.41, 5.74) is 3.15. The first-order chi connectivity index (χ1) is 14.7. The molecule has 1 amide bonds. The number of hydrogen-bond donors (Lipinski definition) is 0. The topological polar surface area (TPSA) is 58.6 Å². The third kappa shape index (κ3) is 5.54. The number of carbonyl (C=O) groups excluding carboxylic acids is 1. The van der Waals surface area contributed by atoms with Crippen LogP contribution in [-0.4, -0.2) is 54.1 Å². The summed E-state index contributed by atoms with van der Waals surface area (Å²) in [4.78, 5) is 26.8. The van der Waals surface area contributed by atoms with Crippen LogP contribution in [0, 0.1) is 12.3 Å². The first-order valence-electron chi connectivity index (χ1n) is 11.3. The highest BCUT2D eigenvalue weighted by atomic mass is 16.5. The number of methoxy groups -OCH3 is 1. The Kier molecular flexibility index (Phi) is 7.19. The van der Waals surface area contributed by atoms with Crippen LogP contribution in [0.5, 0.6) is 5.75 Å². The largest absolute Gasteiger partial charge is 0.497 e. The van der Waals surface area contributed by atoms with E-state index in [9.17, 15) is 4.79 Å². The Morgan fingerprint density at radius 3 is 2.39 bits per heavy atom. The molecule has 1 aliphatic heterocycles. The van der Waals surface area contributed by atoms with Crippen LogP contribution in [0.3, 0.4) is 0 Å². The lowest BCUT2D eigenvalue weighted by atomic mass is 9.94. The summed E-state index contributed by atoms with van der Waals surface area (Å²) in [6, 6.07) is 8.21. The predicted octanol–water partition coefficient (Wildman–Crippen LogP) is 4.03. The summed E-state index contributed by atoms with van der Waals surface area (Å²) < 4.78 is 5.30. The molecule has 168 valence electrons. The van der Waals surface area contributed by atoms with Gasteiger partial charge < -0.3 is 14.5 Å². The molecule has 0 atom stereocenters. The van der Waals surface area contributed by atoms with Gasteiger partial charge in [0, 0.05) is 49.3 Å². The van der Waals surface area contributed by atoms with Gasteiger partial charge in [-0.15, -0.1) is 0 Å². The summed E-state index contributed by atoms with van der Waals surface area (Å²) >= 11 is 0. The van der Waals surface area contributed by atoms with Crippen molar-refractivity contribution in [3.05, 3.63) is 46.9 Å². The molecule has 0 N–H and O–H groups in total. The van der Waals surface area contributed by atoms with Crippen molar-refractivity contribution in [2.24, 2.45) is 5.41 Å². The average molecular weight is 425 g/mol. The van der Waals surface area contributed by atoms with E-state index in [2.05, 4.69) is 24.0 Å². The lowest BCUT2D eigenvalue weighted by Gasteiger charge is -2.29. The molecule has 1 aromatic carbocycles. The van der Waals surface area contributed by atoms with Crippen LogP contribution in [-0.2, 0) is 17.6 Å². The van der Waals surface area contributed by atoms with E-state index in [-0.39, 0.29) is 11.3 Å². The zero-order valence-electron chi connectivity index (χ0n) is 19.9. The molecule has 3 rings (SSSR count). The molecule has 1 fully saturated rings. The SMILES string of the molecule is CCc1nc(C)nc(N2CCCN(C(=O)C(C)(C)C)CC2)c1Cc1ccc(OC)cc1. The number of amides is 1. The number of aryl methyl sites for hydroxylation is 2. The average Bonchev–Trinajstić information content (AvgIpc) is 3.00. The van der Waals surface area contributed by atoms with E-state index < -0.39 is 0 Å². The summed E-state index contributed by atoms with van der Waals surface area (Å²) in [6.07, 6.45) is 2.59. The van der Waals surface area contributed by atoms with Crippen LogP contribution < -0.4 is 9.64 Å². The molecule has 0 radical (unpaired) electrons. The van der Waals surface area contributed by atoms with Gasteiger partial charge in [-0.05, 0) is 37.5 Å². The molecule has 0 unspecified atom stereocenters. The third-order valence-corrected chi connectivity index (χ3v) is 5.78. The number of aromatic nitrogens is 2. The van der Waals surface area contributed by atoms with Crippen molar-refractivity contribution in [2.45, 2.75) is 53.9 Å². The number of benzene rings is 1. The van der Waals surface area contributed by atoms with Crippen molar-refractivity contribution in [3.63, 3.8) is 0 Å². The second-order valence-corrected chi connectivity index (χ2v) is 9.28. The van der Waals surface area contributed by atoms with Gasteiger partial charge in [-0.1, -0.05) is 39.8 Å². The maximum atomic E-state index is 12.8. The lowest BCUT2D eigenvalue weighted by molar-refractivity contribution is -0.139. The van der Waals surface area contributed by atoms with Crippen molar-refractivity contribution in [1.82, 2.24) is 14.9 Å². The highest BCUT2D eigenvalue weighted by Crippen LogP contribution is 2.27. The predicted molar refractivity (Wildman–Crippen MR) is 125 cm³/mol. The van der Waals surface area contributed by atoms with Crippen molar-refractivity contribution >= 4 is 11.7 Å². The zero-order valence-corrected chi connectivity index (χ0v) is 19.9. The van der Waals surface area contributed by atoms with Crippen LogP contribution >= 0.6 is 0 Å². The molecule has 0 saturated carbocycles. The van der Waals surface area contributed by atoms with Gasteiger partial charge in [0.05, 0.1) is 7.11 Å². The Balaban J connectivity index is 1.89. The monoisotopic (exact) mass is 424 g/mol. The fourth-order valence-electron chi connectivity index (χ4n) is 4.13. The number of ether oxygens (including phenoxy) is 1. The molecule has 31 heavy (non-hydrogen) atoms. The minimum Gasteiger partial charge on any atom is -0.497 e. The quantitative estimate of drug-likeness (QED) is 0.725. The molecule has 0 aliphatic carbocycles. The van der Waals surface area contributed by atoms with Crippen LogP contribution in [0.15, 0.2) is 24.3 Å². The lowest BCUT2D eigenvalue weighted by Crippen LogP contribution is -2.41. The van der Waals surface area contributed by atoms with Gasteiger partial charge in [0.2, 0.25) is 5.91 Å². The van der Waals surface area contributed by atoms with E-state index >= 15 is 0 Å². The Hall–Kier alpha value is -2.63. The van der Waals surface area contributed by atoms with Crippen molar-refractivity contribution in [2.75, 3.05) is 38.2 Å². The molecule has 1 aliphatic rings. The van der Waals surface area contributed by atoms with E-state index in [1.807, 2.05) is 44.7 Å². The number of rotatable bonds is 5. The number of nitrogens with zero attached hydrogens (tertiary/aromatic N) is 4. The summed E-state index contributed by atoms with van der Waals surface area (Å²) in [5, 5.41) is 0. The second kappa shape index (κ2) is 9.67. The van der Waals surface area contributed by atoms with Gasteiger partial charge in [0.1, 0.15) is 17.4 Å². The standard InChI is InChI=1S/C25H36N4O2/c1-7-22-21(17-19-9-11-20(31-6)12-10-19)23(27-18(2)26-22)28-13-8-14-29(16-15-28)24(30)25(3,4)5/h9-12H,7-8,13-17H2,1-6H3. The Morgan fingerprint density at radius 2 is 1.77 bits per heavy atom. The molecule has 1 aromatic heterocycles. The summed E-state index contributed by atoms with van der Waals surface area (Å²) in [7, 11) is 1.68. The fraction of sp³-hybridized carbons (Fsp3) is 0.560. The van der Waals surface area contributed by atoms with Gasteiger partial charge in [0.25, 0.3) is 0 Å². The minimum atomic E-state index is -0.352. The fourth-order valence-corrected chi connectivity index (χ4v) is 4.13. The molecule has 0 bridgehead atoms. The van der Waals surface area contributed by atoms with Crippen molar-refractivity contribution in [3.8, 4) is 5.75 Å². The van der Waals surface area contributed by atoms with E-state index in [0.29, 0.717) is 0 Å². The van der Waals surface area contributed by atoms with E-state index in [0.717, 1.165) is 68.5 Å². The third-order valence-electron chi connectivity index (χ3n) is 5.78. The molecule has 6 nitrogen and oxygen atoms in total. The zero-order chi connectivity index (χ0) is 22.6. The highest BCUT2D eigenvalue weighted by Gasteiger charge is 2.29. The maximum absolute atomic E-state index is 12.8. The van der Waals surface area contributed by atoms with Crippen LogP contribution in [0.2, 0.25) is 0 Å². The Bertz CT molecular complexity index is 903. The number of anilines is 1. The highest BCUT2D eigenvalue weighted by molar-refractivity contribution is 5.81. The Morgan fingerprint density at radius 1 is 1.06 bits per heavy atom. The van der Waals surface area contributed by atoms with Crippen molar-refractivity contribution in [1.29, 1.82) is 0 Å². The summed E-state index contributed by atoms with van der Waals surface area (Å²) in [6.45, 7) is 13.3. The van der Waals surface area contributed by atoms with Gasteiger partial charge >= 0.3 is 0 Å². The van der Waals surface area contributed by atoms with Gasteiger partial charge in [-0.2, -0.15) is 0 Å². The molecule has 6 heteroatoms. The van der Waals surface area contributed by atoms with E-state index in [4.69, 9.17) is 14.7 Å². The molecule has 2 aromatic rings. The number of hydrogen-bond acceptors (Lipinski definition) is 5. The van der Waals surface area contributed by atoms with Crippen LogP contribution in [0.4, 0.5) is 5.82 Å². The molecule has 2 heterocycles. The van der Waals surface area contributed by atoms with Gasteiger partial charge in [-0.25, -0.2) is 9.97 Å². The van der Waals surface area contributed by atoms with Crippen molar-refractivity contribution < 1.29 is 9.53 Å². The van der Waals surface area contributed by atoms with E-state index in [1.54, 1.807) is 7.11 Å². The first-order valence-corrected chi connectivity index (χ1v) is 11.3. The Labute approximate surface area is 186 Å². The normalized spacial score (nSPS) is 15.0. The molecular weight excluding hydrogens is 388 g/mol. The van der Waals surface area contributed by atoms with E-state index in [1.165, 1.54) is 11.1 Å². The van der Waals surface area contributed by atoms with Crippen LogP contribution in [0.1, 0.15) is 56.8 Å². The van der Waals surface area contributed by atoms with Crippen LogP contribution in [0.25, 0.3) is 0 Å². The van der Waals surface area contributed by atoms with Gasteiger partial charge in [0.15, 0.2) is 0 Å². The molecule has 1 saturated heterocycles. The minimum absolute atomic E-state index is 0.223. The maximum Gasteiger partial charge on any atom is 0.228 e. The summed E-state index contributed by atoms with van der Waals surface area (Å²) in [5.74, 6) is 2.90. The first kappa shape index (κ1) is 23.0. The number of carbonyl (C=O) groups is 1. The smallest absolute Gasteiger partial charge is 0.228 e. The second-order valence-electron chi connectivity index (χ2n) is 9.28. The molecular formula is C25H36N4O2. The van der Waals surface area contributed by atoms with Gasteiger partial charge in [-0.3, -0.25) is 4.79 Å².